The molecule has 1 saturated carbocycles. The lowest BCUT2D eigenvalue weighted by molar-refractivity contribution is -0.148. The van der Waals surface area contributed by atoms with Gasteiger partial charge in [0.05, 0.1) is 13.2 Å². The highest BCUT2D eigenvalue weighted by molar-refractivity contribution is 5.81. The normalized spacial score (nSPS) is 34.4. The van der Waals surface area contributed by atoms with Gasteiger partial charge in [0.1, 0.15) is 5.54 Å². The van der Waals surface area contributed by atoms with Crippen molar-refractivity contribution >= 4 is 5.97 Å². The first-order chi connectivity index (χ1) is 9.61. The van der Waals surface area contributed by atoms with Crippen LogP contribution in [0.5, 0.6) is 0 Å². The van der Waals surface area contributed by atoms with Crippen LogP contribution in [0.4, 0.5) is 0 Å². The van der Waals surface area contributed by atoms with Crippen molar-refractivity contribution in [3.63, 3.8) is 0 Å². The number of carbonyl (C=O) groups excluding carboxylic acids is 1. The van der Waals surface area contributed by atoms with E-state index < -0.39 is 5.54 Å². The Labute approximate surface area is 122 Å². The van der Waals surface area contributed by atoms with E-state index in [1.807, 2.05) is 7.05 Å². The Morgan fingerprint density at radius 2 is 2.25 bits per heavy atom. The summed E-state index contributed by atoms with van der Waals surface area (Å²) in [4.78, 5) is 14.4. The van der Waals surface area contributed by atoms with Crippen LogP contribution in [-0.4, -0.2) is 62.9 Å². The van der Waals surface area contributed by atoms with Crippen molar-refractivity contribution < 1.29 is 14.3 Å². The van der Waals surface area contributed by atoms with Crippen LogP contribution in [0.1, 0.15) is 38.5 Å². The molecular weight excluding hydrogens is 256 g/mol. The number of ether oxygens (including phenoxy) is 2. The Balaban J connectivity index is 1.88. The summed E-state index contributed by atoms with van der Waals surface area (Å²) >= 11 is 0. The van der Waals surface area contributed by atoms with Gasteiger partial charge >= 0.3 is 5.97 Å². The number of esters is 1. The molecule has 5 heteroatoms. The third-order valence-corrected chi connectivity index (χ3v) is 4.93. The fraction of sp³-hybridized carbons (Fsp3) is 0.933. The highest BCUT2D eigenvalue weighted by Crippen LogP contribution is 2.33. The first-order valence-corrected chi connectivity index (χ1v) is 7.70. The lowest BCUT2D eigenvalue weighted by Gasteiger charge is -2.32. The average Bonchev–Trinajstić information content (AvgIpc) is 2.93. The maximum absolute atomic E-state index is 12.0. The molecular formula is C15H28N2O3. The van der Waals surface area contributed by atoms with Gasteiger partial charge in [-0.15, -0.1) is 0 Å². The summed E-state index contributed by atoms with van der Waals surface area (Å²) in [6, 6.07) is 0.423. The number of nitrogens with one attached hydrogen (secondary N) is 1. The smallest absolute Gasteiger partial charge is 0.326 e. The number of likely N-dealkylation sites (N-methyl/N-ethyl adjacent to an activating group) is 2. The molecule has 2 aliphatic rings. The highest BCUT2D eigenvalue weighted by atomic mass is 16.5. The van der Waals surface area contributed by atoms with Crippen molar-refractivity contribution in [2.24, 2.45) is 0 Å². The third-order valence-electron chi connectivity index (χ3n) is 4.93. The monoisotopic (exact) mass is 284 g/mol. The number of nitrogens with zero attached hydrogens (tertiary/aromatic N) is 1. The number of rotatable bonds is 5. The van der Waals surface area contributed by atoms with Crippen LogP contribution in [0, 0.1) is 0 Å². The summed E-state index contributed by atoms with van der Waals surface area (Å²) in [5, 5.41) is 3.18. The molecule has 3 atom stereocenters. The fourth-order valence-electron chi connectivity index (χ4n) is 3.53. The van der Waals surface area contributed by atoms with Crippen LogP contribution >= 0.6 is 0 Å². The predicted molar refractivity (Wildman–Crippen MR) is 77.7 cm³/mol. The van der Waals surface area contributed by atoms with Gasteiger partial charge in [-0.05, 0) is 52.6 Å². The van der Waals surface area contributed by atoms with Gasteiger partial charge in [0.2, 0.25) is 0 Å². The maximum Gasteiger partial charge on any atom is 0.326 e. The second-order valence-corrected chi connectivity index (χ2v) is 6.15. The third kappa shape index (κ3) is 3.32. The predicted octanol–water partition coefficient (Wildman–Crippen LogP) is 1.17. The van der Waals surface area contributed by atoms with Gasteiger partial charge < -0.3 is 19.7 Å². The number of carbonyl (C=O) groups is 1. The summed E-state index contributed by atoms with van der Waals surface area (Å²) in [6.45, 7) is 1.86. The minimum absolute atomic E-state index is 0.134. The van der Waals surface area contributed by atoms with E-state index in [0.717, 1.165) is 38.8 Å². The molecule has 0 aromatic rings. The van der Waals surface area contributed by atoms with E-state index in [4.69, 9.17) is 9.47 Å². The lowest BCUT2D eigenvalue weighted by atomic mass is 9.97. The Morgan fingerprint density at radius 1 is 1.45 bits per heavy atom. The van der Waals surface area contributed by atoms with E-state index in [9.17, 15) is 4.79 Å². The molecule has 1 N–H and O–H groups in total. The molecule has 2 rings (SSSR count). The van der Waals surface area contributed by atoms with Gasteiger partial charge in [-0.1, -0.05) is 0 Å². The van der Waals surface area contributed by atoms with Gasteiger partial charge in [-0.2, -0.15) is 0 Å². The van der Waals surface area contributed by atoms with Crippen LogP contribution < -0.4 is 5.32 Å². The minimum Gasteiger partial charge on any atom is -0.468 e. The van der Waals surface area contributed by atoms with Crippen molar-refractivity contribution in [1.82, 2.24) is 10.2 Å². The van der Waals surface area contributed by atoms with E-state index in [0.29, 0.717) is 12.1 Å². The van der Waals surface area contributed by atoms with Gasteiger partial charge in [-0.3, -0.25) is 4.79 Å². The van der Waals surface area contributed by atoms with Crippen LogP contribution in [0.2, 0.25) is 0 Å². The maximum atomic E-state index is 12.0. The Kier molecular flexibility index (Phi) is 5.41. The fourth-order valence-corrected chi connectivity index (χ4v) is 3.53. The molecule has 1 aliphatic carbocycles. The first-order valence-electron chi connectivity index (χ1n) is 7.70. The minimum atomic E-state index is -0.499. The summed E-state index contributed by atoms with van der Waals surface area (Å²) in [6.07, 6.45) is 6.66. The van der Waals surface area contributed by atoms with Crippen molar-refractivity contribution in [2.45, 2.75) is 56.2 Å². The van der Waals surface area contributed by atoms with Crippen LogP contribution in [0.3, 0.4) is 0 Å². The summed E-state index contributed by atoms with van der Waals surface area (Å²) in [5.74, 6) is -0.134. The van der Waals surface area contributed by atoms with Crippen LogP contribution in [-0.2, 0) is 14.3 Å². The highest BCUT2D eigenvalue weighted by Gasteiger charge is 2.46. The van der Waals surface area contributed by atoms with Crippen molar-refractivity contribution in [2.75, 3.05) is 34.4 Å². The Hall–Kier alpha value is -0.650. The van der Waals surface area contributed by atoms with Gasteiger partial charge in [-0.25, -0.2) is 0 Å². The summed E-state index contributed by atoms with van der Waals surface area (Å²) < 4.78 is 10.8. The first kappa shape index (κ1) is 15.7. The zero-order chi connectivity index (χ0) is 14.6. The molecule has 0 radical (unpaired) electrons. The molecule has 20 heavy (non-hydrogen) atoms. The average molecular weight is 284 g/mol. The number of hydrogen-bond donors (Lipinski definition) is 1. The molecule has 0 bridgehead atoms. The van der Waals surface area contributed by atoms with E-state index in [-0.39, 0.29) is 5.97 Å². The molecule has 1 heterocycles. The largest absolute Gasteiger partial charge is 0.468 e. The molecule has 0 amide bonds. The van der Waals surface area contributed by atoms with Gasteiger partial charge in [0.25, 0.3) is 0 Å². The quantitative estimate of drug-likeness (QED) is 0.768. The molecule has 2 fully saturated rings. The number of methoxy groups -OCH3 is 1. The van der Waals surface area contributed by atoms with Gasteiger partial charge in [0, 0.05) is 19.2 Å². The molecule has 5 nitrogen and oxygen atoms in total. The number of hydrogen-bond acceptors (Lipinski definition) is 5. The Morgan fingerprint density at radius 3 is 2.85 bits per heavy atom. The molecule has 0 aromatic heterocycles. The van der Waals surface area contributed by atoms with E-state index >= 15 is 0 Å². The van der Waals surface area contributed by atoms with E-state index in [2.05, 4.69) is 17.3 Å². The standard InChI is InChI=1S/C15H28N2O3/c1-16-15(14(18)19-3)8-7-12(10-15)17(2)11-13-6-4-5-9-20-13/h12-13,16H,4-11H2,1-3H3. The molecule has 1 aliphatic heterocycles. The summed E-state index contributed by atoms with van der Waals surface area (Å²) in [7, 11) is 5.46. The molecule has 1 saturated heterocycles. The van der Waals surface area contributed by atoms with E-state index in [1.165, 1.54) is 20.0 Å². The molecule has 0 spiro atoms. The second-order valence-electron chi connectivity index (χ2n) is 6.15. The van der Waals surface area contributed by atoms with Crippen LogP contribution in [0.15, 0.2) is 0 Å². The molecule has 0 aromatic carbocycles. The molecule has 116 valence electrons. The second kappa shape index (κ2) is 6.87. The van der Waals surface area contributed by atoms with Gasteiger partial charge in [0.15, 0.2) is 0 Å². The zero-order valence-corrected chi connectivity index (χ0v) is 13.0. The Bertz CT molecular complexity index is 331. The van der Waals surface area contributed by atoms with Crippen molar-refractivity contribution in [3.05, 3.63) is 0 Å². The summed E-state index contributed by atoms with van der Waals surface area (Å²) in [5.41, 5.74) is -0.499. The van der Waals surface area contributed by atoms with Crippen molar-refractivity contribution in [3.8, 4) is 0 Å². The van der Waals surface area contributed by atoms with E-state index in [1.54, 1.807) is 0 Å². The zero-order valence-electron chi connectivity index (χ0n) is 13.0. The SMILES string of the molecule is CNC1(C(=O)OC)CCC(N(C)CC2CCCCO2)C1. The molecule has 3 unspecified atom stereocenters. The van der Waals surface area contributed by atoms with Crippen LogP contribution in [0.25, 0.3) is 0 Å². The van der Waals surface area contributed by atoms with Crippen molar-refractivity contribution in [1.29, 1.82) is 0 Å². The lowest BCUT2D eigenvalue weighted by Crippen LogP contribution is -2.50. The topological polar surface area (TPSA) is 50.8 Å².